The van der Waals surface area contributed by atoms with E-state index in [2.05, 4.69) is 15.2 Å². The Morgan fingerprint density at radius 3 is 2.40 bits per heavy atom. The lowest BCUT2D eigenvalue weighted by Crippen LogP contribution is -2.51. The van der Waals surface area contributed by atoms with E-state index in [1.807, 2.05) is 54.6 Å². The van der Waals surface area contributed by atoms with Crippen molar-refractivity contribution >= 4 is 40.4 Å². The van der Waals surface area contributed by atoms with Gasteiger partial charge in [0.25, 0.3) is 5.91 Å². The summed E-state index contributed by atoms with van der Waals surface area (Å²) in [4.78, 5) is 33.7. The number of thiazole rings is 1. The minimum absolute atomic E-state index is 0.0155. The van der Waals surface area contributed by atoms with Crippen molar-refractivity contribution in [1.29, 1.82) is 0 Å². The number of benzene rings is 2. The lowest BCUT2D eigenvalue weighted by atomic mass is 10.2. The average molecular weight is 441 g/mol. The molecule has 0 unspecified atom stereocenters. The molecule has 154 valence electrons. The standard InChI is InChI=1S/C22H21ClN4O2S/c23-17-6-8-18(9-7-17)26-10-12-27(13-11-26)20(28)15-24-21(29)19-14-25-22(30-19)16-4-2-1-3-5-16/h1-9,14H,10-13,15H2,(H,24,29). The summed E-state index contributed by atoms with van der Waals surface area (Å²) in [6.07, 6.45) is 1.55. The van der Waals surface area contributed by atoms with Gasteiger partial charge in [0.1, 0.15) is 9.88 Å². The largest absolute Gasteiger partial charge is 0.368 e. The first-order chi connectivity index (χ1) is 14.6. The molecule has 8 heteroatoms. The van der Waals surface area contributed by atoms with Crippen molar-refractivity contribution in [3.8, 4) is 10.6 Å². The zero-order valence-electron chi connectivity index (χ0n) is 16.3. The monoisotopic (exact) mass is 440 g/mol. The molecule has 2 aromatic carbocycles. The molecule has 1 aliphatic rings. The smallest absolute Gasteiger partial charge is 0.263 e. The predicted octanol–water partition coefficient (Wildman–Crippen LogP) is 3.54. The fourth-order valence-electron chi connectivity index (χ4n) is 3.31. The van der Waals surface area contributed by atoms with Gasteiger partial charge in [0.15, 0.2) is 0 Å². The van der Waals surface area contributed by atoms with Gasteiger partial charge in [0, 0.05) is 42.5 Å². The molecule has 1 aliphatic heterocycles. The summed E-state index contributed by atoms with van der Waals surface area (Å²) < 4.78 is 0. The van der Waals surface area contributed by atoms with Crippen LogP contribution in [0.3, 0.4) is 0 Å². The molecular formula is C22H21ClN4O2S. The van der Waals surface area contributed by atoms with E-state index in [1.165, 1.54) is 11.3 Å². The van der Waals surface area contributed by atoms with Crippen LogP contribution in [0.4, 0.5) is 5.69 Å². The third kappa shape index (κ3) is 4.80. The predicted molar refractivity (Wildman–Crippen MR) is 120 cm³/mol. The van der Waals surface area contributed by atoms with E-state index in [-0.39, 0.29) is 18.4 Å². The van der Waals surface area contributed by atoms with Crippen molar-refractivity contribution in [2.24, 2.45) is 0 Å². The minimum Gasteiger partial charge on any atom is -0.368 e. The van der Waals surface area contributed by atoms with Crippen molar-refractivity contribution in [2.75, 3.05) is 37.6 Å². The molecule has 1 aromatic heterocycles. The summed E-state index contributed by atoms with van der Waals surface area (Å²) in [5.41, 5.74) is 2.07. The number of rotatable bonds is 5. The van der Waals surface area contributed by atoms with E-state index >= 15 is 0 Å². The molecule has 2 amide bonds. The lowest BCUT2D eigenvalue weighted by Gasteiger charge is -2.36. The van der Waals surface area contributed by atoms with E-state index in [9.17, 15) is 9.59 Å². The molecule has 1 saturated heterocycles. The van der Waals surface area contributed by atoms with Crippen LogP contribution in [0.25, 0.3) is 10.6 Å². The Labute approximate surface area is 184 Å². The molecule has 0 atom stereocenters. The maximum atomic E-state index is 12.5. The van der Waals surface area contributed by atoms with Gasteiger partial charge in [-0.25, -0.2) is 4.98 Å². The molecule has 30 heavy (non-hydrogen) atoms. The Hall–Kier alpha value is -2.90. The summed E-state index contributed by atoms with van der Waals surface area (Å²) in [6.45, 7) is 2.72. The number of amides is 2. The number of nitrogens with zero attached hydrogens (tertiary/aromatic N) is 3. The number of anilines is 1. The number of carbonyl (C=O) groups is 2. The summed E-state index contributed by atoms with van der Waals surface area (Å²) in [6, 6.07) is 17.4. The van der Waals surface area contributed by atoms with E-state index in [0.717, 1.165) is 29.3 Å². The van der Waals surface area contributed by atoms with Crippen LogP contribution in [0, 0.1) is 0 Å². The van der Waals surface area contributed by atoms with Crippen molar-refractivity contribution < 1.29 is 9.59 Å². The summed E-state index contributed by atoms with van der Waals surface area (Å²) in [5.74, 6) is -0.352. The van der Waals surface area contributed by atoms with E-state index < -0.39 is 0 Å². The van der Waals surface area contributed by atoms with Crippen LogP contribution in [0.2, 0.25) is 5.02 Å². The Morgan fingerprint density at radius 2 is 1.70 bits per heavy atom. The third-order valence-corrected chi connectivity index (χ3v) is 6.27. The highest BCUT2D eigenvalue weighted by Gasteiger charge is 2.22. The van der Waals surface area contributed by atoms with Gasteiger partial charge in [0.05, 0.1) is 12.7 Å². The van der Waals surface area contributed by atoms with Gasteiger partial charge in [-0.05, 0) is 24.3 Å². The van der Waals surface area contributed by atoms with Crippen LogP contribution in [-0.2, 0) is 4.79 Å². The Balaban J connectivity index is 1.26. The van der Waals surface area contributed by atoms with Crippen molar-refractivity contribution in [3.05, 3.63) is 70.7 Å². The highest BCUT2D eigenvalue weighted by molar-refractivity contribution is 7.16. The van der Waals surface area contributed by atoms with Gasteiger partial charge in [0.2, 0.25) is 5.91 Å². The van der Waals surface area contributed by atoms with E-state index in [0.29, 0.717) is 23.0 Å². The summed E-state index contributed by atoms with van der Waals surface area (Å²) in [5, 5.41) is 4.21. The fourth-order valence-corrected chi connectivity index (χ4v) is 4.28. The lowest BCUT2D eigenvalue weighted by molar-refractivity contribution is -0.130. The zero-order valence-corrected chi connectivity index (χ0v) is 17.8. The van der Waals surface area contributed by atoms with Crippen molar-refractivity contribution in [1.82, 2.24) is 15.2 Å². The van der Waals surface area contributed by atoms with Crippen LogP contribution >= 0.6 is 22.9 Å². The molecule has 3 aromatic rings. The van der Waals surface area contributed by atoms with Crippen LogP contribution < -0.4 is 10.2 Å². The first-order valence-electron chi connectivity index (χ1n) is 9.68. The SMILES string of the molecule is O=C(NCC(=O)N1CCN(c2ccc(Cl)cc2)CC1)c1cnc(-c2ccccc2)s1. The molecule has 0 aliphatic carbocycles. The van der Waals surface area contributed by atoms with Gasteiger partial charge in [-0.3, -0.25) is 9.59 Å². The van der Waals surface area contributed by atoms with Crippen LogP contribution in [0.15, 0.2) is 60.8 Å². The molecule has 2 heterocycles. The van der Waals surface area contributed by atoms with E-state index in [4.69, 9.17) is 11.6 Å². The van der Waals surface area contributed by atoms with Gasteiger partial charge < -0.3 is 15.1 Å². The maximum absolute atomic E-state index is 12.5. The van der Waals surface area contributed by atoms with Crippen LogP contribution in [-0.4, -0.2) is 54.4 Å². The molecular weight excluding hydrogens is 420 g/mol. The molecule has 0 radical (unpaired) electrons. The Bertz CT molecular complexity index is 1020. The van der Waals surface area contributed by atoms with Gasteiger partial charge in [-0.2, -0.15) is 0 Å². The zero-order chi connectivity index (χ0) is 20.9. The third-order valence-electron chi connectivity index (χ3n) is 4.97. The highest BCUT2D eigenvalue weighted by atomic mass is 35.5. The molecule has 1 N–H and O–H groups in total. The number of hydrogen-bond acceptors (Lipinski definition) is 5. The molecule has 4 rings (SSSR count). The van der Waals surface area contributed by atoms with Crippen molar-refractivity contribution in [3.63, 3.8) is 0 Å². The maximum Gasteiger partial charge on any atom is 0.263 e. The number of carbonyl (C=O) groups excluding carboxylic acids is 2. The van der Waals surface area contributed by atoms with E-state index in [1.54, 1.807) is 11.1 Å². The number of hydrogen-bond donors (Lipinski definition) is 1. The minimum atomic E-state index is -0.275. The second kappa shape index (κ2) is 9.28. The Kier molecular flexibility index (Phi) is 6.30. The number of halogens is 1. The first kappa shape index (κ1) is 20.4. The van der Waals surface area contributed by atoms with Gasteiger partial charge >= 0.3 is 0 Å². The second-order valence-electron chi connectivity index (χ2n) is 6.92. The molecule has 0 saturated carbocycles. The molecule has 0 bridgehead atoms. The second-order valence-corrected chi connectivity index (χ2v) is 8.39. The summed E-state index contributed by atoms with van der Waals surface area (Å²) >= 11 is 7.26. The number of nitrogens with one attached hydrogen (secondary N) is 1. The fraction of sp³-hybridized carbons (Fsp3) is 0.227. The number of piperazine rings is 1. The number of aromatic nitrogens is 1. The first-order valence-corrected chi connectivity index (χ1v) is 10.9. The topological polar surface area (TPSA) is 65.5 Å². The quantitative estimate of drug-likeness (QED) is 0.659. The molecule has 6 nitrogen and oxygen atoms in total. The average Bonchev–Trinajstić information content (AvgIpc) is 3.29. The van der Waals surface area contributed by atoms with Gasteiger partial charge in [-0.1, -0.05) is 41.9 Å². The summed E-state index contributed by atoms with van der Waals surface area (Å²) in [7, 11) is 0. The molecule has 1 fully saturated rings. The normalized spacial score (nSPS) is 13.9. The van der Waals surface area contributed by atoms with Crippen LogP contribution in [0.1, 0.15) is 9.67 Å². The Morgan fingerprint density at radius 1 is 1.00 bits per heavy atom. The van der Waals surface area contributed by atoms with Crippen molar-refractivity contribution in [2.45, 2.75) is 0 Å². The van der Waals surface area contributed by atoms with Crippen LogP contribution in [0.5, 0.6) is 0 Å². The highest BCUT2D eigenvalue weighted by Crippen LogP contribution is 2.24. The molecule has 0 spiro atoms. The van der Waals surface area contributed by atoms with Gasteiger partial charge in [-0.15, -0.1) is 11.3 Å².